The Hall–Kier alpha value is -1.12. The van der Waals surface area contributed by atoms with Crippen LogP contribution >= 0.6 is 0 Å². The van der Waals surface area contributed by atoms with E-state index in [0.29, 0.717) is 30.0 Å². The third-order valence-corrected chi connectivity index (χ3v) is 10.5. The number of hydrogen-bond acceptors (Lipinski definition) is 3. The van der Waals surface area contributed by atoms with Gasteiger partial charge in [0.05, 0.1) is 0 Å². The molecule has 1 aliphatic heterocycles. The van der Waals surface area contributed by atoms with E-state index < -0.39 is 0 Å². The number of carbonyl (C=O) groups excluding carboxylic acids is 2. The smallest absolute Gasteiger partial charge is 0.306 e. The van der Waals surface area contributed by atoms with E-state index in [1.54, 1.807) is 0 Å². The zero-order valence-electron chi connectivity index (χ0n) is 16.9. The zero-order chi connectivity index (χ0) is 18.8. The summed E-state index contributed by atoms with van der Waals surface area (Å²) in [7, 11) is 0. The van der Waals surface area contributed by atoms with Crippen molar-refractivity contribution in [1.29, 1.82) is 0 Å². The lowest BCUT2D eigenvalue weighted by molar-refractivity contribution is -0.174. The standard InChI is InChI=1S/C24H32O3/c1-13-10-19-21-16-12-15(16)18-11-14(25)4-7-22(18,2)17(21)5-8-23(19,3)24(13)9-6-20(26)27-24/h11,13,15-17,19,21H,4-10,12H2,1-3H3/t13-,15+,16?,17?,19?,21?,22+,23-,24-/m0/s1. The summed E-state index contributed by atoms with van der Waals surface area (Å²) in [5.74, 6) is 4.49. The summed E-state index contributed by atoms with van der Waals surface area (Å²) >= 11 is 0. The van der Waals surface area contributed by atoms with Crippen molar-refractivity contribution in [2.24, 2.45) is 46.3 Å². The summed E-state index contributed by atoms with van der Waals surface area (Å²) in [6.45, 7) is 7.28. The van der Waals surface area contributed by atoms with Gasteiger partial charge in [-0.1, -0.05) is 26.3 Å². The van der Waals surface area contributed by atoms with Crippen molar-refractivity contribution in [3.8, 4) is 0 Å². The summed E-state index contributed by atoms with van der Waals surface area (Å²) < 4.78 is 6.17. The fourth-order valence-electron chi connectivity index (χ4n) is 9.16. The molecule has 1 saturated heterocycles. The summed E-state index contributed by atoms with van der Waals surface area (Å²) in [6, 6.07) is 0. The van der Waals surface area contributed by atoms with Crippen LogP contribution in [-0.2, 0) is 14.3 Å². The lowest BCUT2D eigenvalue weighted by Crippen LogP contribution is -2.56. The van der Waals surface area contributed by atoms with Crippen LogP contribution in [0.15, 0.2) is 11.6 Å². The third-order valence-electron chi connectivity index (χ3n) is 10.5. The first kappa shape index (κ1) is 16.8. The Morgan fingerprint density at radius 3 is 2.59 bits per heavy atom. The summed E-state index contributed by atoms with van der Waals surface area (Å²) in [5, 5.41) is 0. The van der Waals surface area contributed by atoms with Gasteiger partial charge in [0, 0.05) is 18.3 Å². The molecule has 6 aliphatic rings. The molecule has 3 heteroatoms. The SMILES string of the molecule is C[C@H]1CC2C3C4C[C@H]4C4=CC(=O)CC[C@]4(C)C3CC[C@]2(C)[C@]12CCC(=O)O2. The molecule has 5 fully saturated rings. The molecule has 0 bridgehead atoms. The maximum absolute atomic E-state index is 12.1. The predicted octanol–water partition coefficient (Wildman–Crippen LogP) is 4.70. The highest BCUT2D eigenvalue weighted by molar-refractivity contribution is 5.92. The highest BCUT2D eigenvalue weighted by atomic mass is 16.6. The van der Waals surface area contributed by atoms with E-state index in [2.05, 4.69) is 26.8 Å². The van der Waals surface area contributed by atoms with E-state index in [-0.39, 0.29) is 22.4 Å². The number of fused-ring (bicyclic) bond motifs is 9. The van der Waals surface area contributed by atoms with Gasteiger partial charge in [0.15, 0.2) is 5.78 Å². The minimum Gasteiger partial charge on any atom is -0.458 e. The highest BCUT2D eigenvalue weighted by Gasteiger charge is 2.73. The molecule has 4 unspecified atom stereocenters. The Kier molecular flexibility index (Phi) is 3.04. The topological polar surface area (TPSA) is 43.4 Å². The number of allylic oxidation sites excluding steroid dienone is 1. The Labute approximate surface area is 162 Å². The van der Waals surface area contributed by atoms with Gasteiger partial charge in [-0.15, -0.1) is 0 Å². The van der Waals surface area contributed by atoms with Crippen molar-refractivity contribution in [3.05, 3.63) is 11.6 Å². The van der Waals surface area contributed by atoms with E-state index in [1.807, 2.05) is 0 Å². The molecule has 9 atom stereocenters. The van der Waals surface area contributed by atoms with Gasteiger partial charge >= 0.3 is 5.97 Å². The lowest BCUT2D eigenvalue weighted by Gasteiger charge is -2.59. The quantitative estimate of drug-likeness (QED) is 0.582. The van der Waals surface area contributed by atoms with Crippen molar-refractivity contribution >= 4 is 11.8 Å². The van der Waals surface area contributed by atoms with Crippen LogP contribution in [0.2, 0.25) is 0 Å². The molecule has 0 N–H and O–H groups in total. The molecule has 5 aliphatic carbocycles. The van der Waals surface area contributed by atoms with Crippen molar-refractivity contribution in [2.45, 2.75) is 77.7 Å². The van der Waals surface area contributed by atoms with Crippen LogP contribution in [0.1, 0.15) is 72.1 Å². The van der Waals surface area contributed by atoms with Gasteiger partial charge < -0.3 is 4.74 Å². The van der Waals surface area contributed by atoms with Gasteiger partial charge in [-0.05, 0) is 85.5 Å². The van der Waals surface area contributed by atoms with E-state index in [9.17, 15) is 9.59 Å². The second-order valence-electron chi connectivity index (χ2n) is 11.2. The molecule has 27 heavy (non-hydrogen) atoms. The highest BCUT2D eigenvalue weighted by Crippen LogP contribution is 2.76. The van der Waals surface area contributed by atoms with Gasteiger partial charge in [0.25, 0.3) is 0 Å². The molecular formula is C24H32O3. The van der Waals surface area contributed by atoms with Crippen LogP contribution in [0.3, 0.4) is 0 Å². The molecule has 4 saturated carbocycles. The first-order chi connectivity index (χ1) is 12.8. The van der Waals surface area contributed by atoms with Crippen molar-refractivity contribution in [1.82, 2.24) is 0 Å². The number of hydrogen-bond donors (Lipinski definition) is 0. The summed E-state index contributed by atoms with van der Waals surface area (Å²) in [6.07, 6.45) is 10.3. The molecule has 6 rings (SSSR count). The number of esters is 1. The number of rotatable bonds is 0. The van der Waals surface area contributed by atoms with Crippen molar-refractivity contribution < 1.29 is 14.3 Å². The molecule has 0 aromatic carbocycles. The van der Waals surface area contributed by atoms with Crippen molar-refractivity contribution in [2.75, 3.05) is 0 Å². The Bertz CT molecular complexity index is 782. The minimum atomic E-state index is -0.205. The fourth-order valence-corrected chi connectivity index (χ4v) is 9.16. The van der Waals surface area contributed by atoms with Crippen LogP contribution in [0, 0.1) is 46.3 Å². The number of ketones is 1. The van der Waals surface area contributed by atoms with Gasteiger partial charge in [0.2, 0.25) is 0 Å². The largest absolute Gasteiger partial charge is 0.458 e. The van der Waals surface area contributed by atoms with Crippen LogP contribution in [0.5, 0.6) is 0 Å². The zero-order valence-corrected chi connectivity index (χ0v) is 16.9. The number of ether oxygens (including phenoxy) is 1. The second-order valence-corrected chi connectivity index (χ2v) is 11.2. The fraction of sp³-hybridized carbons (Fsp3) is 0.833. The van der Waals surface area contributed by atoms with Gasteiger partial charge in [-0.3, -0.25) is 9.59 Å². The molecule has 0 aromatic heterocycles. The molecule has 146 valence electrons. The maximum Gasteiger partial charge on any atom is 0.306 e. The molecule has 0 amide bonds. The average Bonchev–Trinajstić information content (AvgIpc) is 3.26. The lowest BCUT2D eigenvalue weighted by atomic mass is 9.46. The Morgan fingerprint density at radius 1 is 1.04 bits per heavy atom. The van der Waals surface area contributed by atoms with Crippen molar-refractivity contribution in [3.63, 3.8) is 0 Å². The first-order valence-corrected chi connectivity index (χ1v) is 11.3. The second kappa shape index (κ2) is 4.89. The average molecular weight is 369 g/mol. The molecule has 0 radical (unpaired) electrons. The molecule has 3 nitrogen and oxygen atoms in total. The van der Waals surface area contributed by atoms with Gasteiger partial charge in [0.1, 0.15) is 5.60 Å². The van der Waals surface area contributed by atoms with Crippen LogP contribution in [0.4, 0.5) is 0 Å². The summed E-state index contributed by atoms with van der Waals surface area (Å²) in [5.41, 5.74) is 1.70. The van der Waals surface area contributed by atoms with E-state index in [0.717, 1.165) is 37.0 Å². The van der Waals surface area contributed by atoms with Gasteiger partial charge in [-0.25, -0.2) is 0 Å². The van der Waals surface area contributed by atoms with Crippen LogP contribution in [-0.4, -0.2) is 17.4 Å². The maximum atomic E-state index is 12.1. The monoisotopic (exact) mass is 368 g/mol. The van der Waals surface area contributed by atoms with E-state index in [1.165, 1.54) is 31.3 Å². The summed E-state index contributed by atoms with van der Waals surface area (Å²) in [4.78, 5) is 24.3. The minimum absolute atomic E-state index is 0.0294. The van der Waals surface area contributed by atoms with Crippen LogP contribution in [0.25, 0.3) is 0 Å². The number of carbonyl (C=O) groups is 2. The third kappa shape index (κ3) is 1.81. The normalized spacial score (nSPS) is 58.1. The molecule has 1 heterocycles. The predicted molar refractivity (Wildman–Crippen MR) is 102 cm³/mol. The first-order valence-electron chi connectivity index (χ1n) is 11.3. The molecule has 1 spiro atoms. The van der Waals surface area contributed by atoms with Crippen LogP contribution < -0.4 is 0 Å². The Morgan fingerprint density at radius 2 is 1.85 bits per heavy atom. The Balaban J connectivity index is 1.42. The van der Waals surface area contributed by atoms with Gasteiger partial charge in [-0.2, -0.15) is 0 Å². The van der Waals surface area contributed by atoms with E-state index in [4.69, 9.17) is 4.74 Å². The molecular weight excluding hydrogens is 336 g/mol. The van der Waals surface area contributed by atoms with E-state index >= 15 is 0 Å². The molecule has 0 aromatic rings.